The van der Waals surface area contributed by atoms with Gasteiger partial charge in [-0.15, -0.1) is 12.4 Å². The number of rotatable bonds is 4. The van der Waals surface area contributed by atoms with Crippen LogP contribution in [0.15, 0.2) is 22.7 Å². The number of nitrogens with zero attached hydrogens (tertiary/aromatic N) is 1. The van der Waals surface area contributed by atoms with E-state index in [1.165, 1.54) is 6.07 Å². The van der Waals surface area contributed by atoms with Gasteiger partial charge in [-0.25, -0.2) is 13.2 Å². The Morgan fingerprint density at radius 1 is 1.25 bits per heavy atom. The SMILES string of the molecule is Cl.Fc1cccc([C@@H](CC(F)F)N2CCNCC2)c1Br. The zero-order valence-electron chi connectivity index (χ0n) is 10.8. The molecule has 0 unspecified atom stereocenters. The highest BCUT2D eigenvalue weighted by atomic mass is 79.9. The highest BCUT2D eigenvalue weighted by Crippen LogP contribution is 2.33. The van der Waals surface area contributed by atoms with Crippen LogP contribution in [0, 0.1) is 5.82 Å². The van der Waals surface area contributed by atoms with Crippen molar-refractivity contribution < 1.29 is 13.2 Å². The van der Waals surface area contributed by atoms with E-state index in [9.17, 15) is 13.2 Å². The first-order valence-electron chi connectivity index (χ1n) is 6.26. The van der Waals surface area contributed by atoms with Crippen molar-refractivity contribution in [3.05, 3.63) is 34.1 Å². The fraction of sp³-hybridized carbons (Fsp3) is 0.538. The van der Waals surface area contributed by atoms with E-state index in [1.807, 2.05) is 4.90 Å². The van der Waals surface area contributed by atoms with Gasteiger partial charge in [0.05, 0.1) is 4.47 Å². The van der Waals surface area contributed by atoms with Gasteiger partial charge in [-0.05, 0) is 27.6 Å². The van der Waals surface area contributed by atoms with E-state index in [0.29, 0.717) is 23.1 Å². The summed E-state index contributed by atoms with van der Waals surface area (Å²) in [6, 6.07) is 4.15. The third-order valence-corrected chi connectivity index (χ3v) is 4.17. The molecule has 0 aromatic heterocycles. The number of hydrogen-bond donors (Lipinski definition) is 1. The van der Waals surface area contributed by atoms with Crippen LogP contribution in [-0.2, 0) is 0 Å². The van der Waals surface area contributed by atoms with Crippen LogP contribution in [0.25, 0.3) is 0 Å². The van der Waals surface area contributed by atoms with E-state index < -0.39 is 18.3 Å². The van der Waals surface area contributed by atoms with Crippen molar-refractivity contribution in [1.82, 2.24) is 10.2 Å². The Hall–Kier alpha value is -0.300. The van der Waals surface area contributed by atoms with Crippen LogP contribution < -0.4 is 5.32 Å². The minimum absolute atomic E-state index is 0. The molecule has 2 rings (SSSR count). The van der Waals surface area contributed by atoms with Crippen molar-refractivity contribution in [2.45, 2.75) is 18.9 Å². The molecule has 1 N–H and O–H groups in total. The number of alkyl halides is 2. The van der Waals surface area contributed by atoms with Gasteiger partial charge in [0.25, 0.3) is 0 Å². The fourth-order valence-corrected chi connectivity index (χ4v) is 2.94. The number of benzene rings is 1. The second-order valence-corrected chi connectivity index (χ2v) is 5.36. The summed E-state index contributed by atoms with van der Waals surface area (Å²) >= 11 is 3.18. The molecule has 1 saturated heterocycles. The molecular formula is C13H17BrClF3N2. The van der Waals surface area contributed by atoms with E-state index in [4.69, 9.17) is 0 Å². The van der Waals surface area contributed by atoms with Crippen LogP contribution in [0.4, 0.5) is 13.2 Å². The molecule has 0 aliphatic carbocycles. The number of piperazine rings is 1. The van der Waals surface area contributed by atoms with Crippen LogP contribution >= 0.6 is 28.3 Å². The van der Waals surface area contributed by atoms with Crippen molar-refractivity contribution in [3.63, 3.8) is 0 Å². The Kier molecular flexibility index (Phi) is 7.29. The van der Waals surface area contributed by atoms with Crippen LogP contribution in [-0.4, -0.2) is 37.5 Å². The zero-order chi connectivity index (χ0) is 13.8. The van der Waals surface area contributed by atoms with Crippen LogP contribution in [0.2, 0.25) is 0 Å². The quantitative estimate of drug-likeness (QED) is 0.867. The number of nitrogens with one attached hydrogen (secondary N) is 1. The van der Waals surface area contributed by atoms with Crippen molar-refractivity contribution in [2.75, 3.05) is 26.2 Å². The molecule has 1 aliphatic heterocycles. The Morgan fingerprint density at radius 2 is 1.90 bits per heavy atom. The molecule has 1 aliphatic rings. The standard InChI is InChI=1S/C13H16BrF3N2.ClH/c14-13-9(2-1-3-10(13)15)11(8-12(16)17)19-6-4-18-5-7-19;/h1-3,11-12,18H,4-8H2;1H/t11-;/m1./s1. The van der Waals surface area contributed by atoms with Gasteiger partial charge in [0.1, 0.15) is 5.82 Å². The van der Waals surface area contributed by atoms with Crippen LogP contribution in [0.1, 0.15) is 18.0 Å². The summed E-state index contributed by atoms with van der Waals surface area (Å²) in [6.07, 6.45) is -2.68. The summed E-state index contributed by atoms with van der Waals surface area (Å²) < 4.78 is 39.5. The molecule has 0 saturated carbocycles. The molecule has 20 heavy (non-hydrogen) atoms. The second kappa shape index (κ2) is 8.22. The first-order valence-corrected chi connectivity index (χ1v) is 7.05. The second-order valence-electron chi connectivity index (χ2n) is 4.57. The first kappa shape index (κ1) is 17.8. The Labute approximate surface area is 131 Å². The van der Waals surface area contributed by atoms with E-state index in [2.05, 4.69) is 21.2 Å². The van der Waals surface area contributed by atoms with E-state index in [1.54, 1.807) is 12.1 Å². The number of halogens is 5. The smallest absolute Gasteiger partial charge is 0.240 e. The molecule has 0 amide bonds. The maximum absolute atomic E-state index is 13.6. The van der Waals surface area contributed by atoms with Crippen molar-refractivity contribution >= 4 is 28.3 Å². The van der Waals surface area contributed by atoms with Gasteiger partial charge in [0.2, 0.25) is 6.43 Å². The van der Waals surface area contributed by atoms with Gasteiger partial charge in [-0.3, -0.25) is 4.90 Å². The van der Waals surface area contributed by atoms with E-state index >= 15 is 0 Å². The molecule has 0 spiro atoms. The summed E-state index contributed by atoms with van der Waals surface area (Å²) in [5.74, 6) is -0.410. The first-order chi connectivity index (χ1) is 9.09. The van der Waals surface area contributed by atoms with E-state index in [0.717, 1.165) is 13.1 Å². The molecule has 1 atom stereocenters. The summed E-state index contributed by atoms with van der Waals surface area (Å²) in [6.45, 7) is 2.93. The van der Waals surface area contributed by atoms with Crippen molar-refractivity contribution in [1.29, 1.82) is 0 Å². The van der Waals surface area contributed by atoms with Gasteiger partial charge in [0, 0.05) is 38.6 Å². The highest BCUT2D eigenvalue weighted by Gasteiger charge is 2.27. The Balaban J connectivity index is 0.00000200. The fourth-order valence-electron chi connectivity index (χ4n) is 2.41. The average molecular weight is 374 g/mol. The van der Waals surface area contributed by atoms with E-state index in [-0.39, 0.29) is 18.8 Å². The van der Waals surface area contributed by atoms with Gasteiger partial charge in [-0.2, -0.15) is 0 Å². The minimum Gasteiger partial charge on any atom is -0.314 e. The monoisotopic (exact) mass is 372 g/mol. The maximum Gasteiger partial charge on any atom is 0.240 e. The lowest BCUT2D eigenvalue weighted by Gasteiger charge is -2.35. The van der Waals surface area contributed by atoms with Gasteiger partial charge in [0.15, 0.2) is 0 Å². The molecule has 1 heterocycles. The molecule has 7 heteroatoms. The predicted octanol–water partition coefficient (Wildman–Crippen LogP) is 3.61. The predicted molar refractivity (Wildman–Crippen MR) is 79.2 cm³/mol. The summed E-state index contributed by atoms with van der Waals surface area (Å²) in [4.78, 5) is 1.99. The molecular weight excluding hydrogens is 357 g/mol. The normalized spacial score (nSPS) is 17.9. The largest absolute Gasteiger partial charge is 0.314 e. The lowest BCUT2D eigenvalue weighted by atomic mass is 10.0. The Morgan fingerprint density at radius 3 is 2.50 bits per heavy atom. The average Bonchev–Trinajstić information content (AvgIpc) is 2.40. The lowest BCUT2D eigenvalue weighted by Crippen LogP contribution is -2.45. The van der Waals surface area contributed by atoms with Crippen molar-refractivity contribution in [3.8, 4) is 0 Å². The lowest BCUT2D eigenvalue weighted by molar-refractivity contribution is 0.0735. The minimum atomic E-state index is -2.41. The van der Waals surface area contributed by atoms with Crippen LogP contribution in [0.3, 0.4) is 0 Å². The van der Waals surface area contributed by atoms with Gasteiger partial charge in [-0.1, -0.05) is 12.1 Å². The molecule has 2 nitrogen and oxygen atoms in total. The number of hydrogen-bond acceptors (Lipinski definition) is 2. The zero-order valence-corrected chi connectivity index (χ0v) is 13.2. The molecule has 1 aromatic rings. The molecule has 1 fully saturated rings. The molecule has 1 aromatic carbocycles. The summed E-state index contributed by atoms with van der Waals surface area (Å²) in [5, 5.41) is 3.19. The third kappa shape index (κ3) is 4.35. The van der Waals surface area contributed by atoms with Crippen molar-refractivity contribution in [2.24, 2.45) is 0 Å². The highest BCUT2D eigenvalue weighted by molar-refractivity contribution is 9.10. The molecule has 114 valence electrons. The molecule has 0 radical (unpaired) electrons. The van der Waals surface area contributed by atoms with Gasteiger partial charge >= 0.3 is 0 Å². The summed E-state index contributed by atoms with van der Waals surface area (Å²) in [7, 11) is 0. The topological polar surface area (TPSA) is 15.3 Å². The summed E-state index contributed by atoms with van der Waals surface area (Å²) in [5.41, 5.74) is 0.599. The van der Waals surface area contributed by atoms with Crippen LogP contribution in [0.5, 0.6) is 0 Å². The Bertz CT molecular complexity index is 428. The maximum atomic E-state index is 13.6. The molecule has 0 bridgehead atoms. The van der Waals surface area contributed by atoms with Gasteiger partial charge < -0.3 is 5.32 Å². The third-order valence-electron chi connectivity index (χ3n) is 3.33.